The Balaban J connectivity index is 1.90. The van der Waals surface area contributed by atoms with E-state index in [4.69, 9.17) is 0 Å². The van der Waals surface area contributed by atoms with Crippen molar-refractivity contribution in [1.29, 1.82) is 0 Å². The number of hydrogen-bond donors (Lipinski definition) is 2. The van der Waals surface area contributed by atoms with Gasteiger partial charge in [0.15, 0.2) is 6.54 Å². The fourth-order valence-electron chi connectivity index (χ4n) is 2.64. The van der Waals surface area contributed by atoms with Crippen molar-refractivity contribution >= 4 is 11.6 Å². The molecule has 140 valence electrons. The molecule has 1 amide bonds. The Morgan fingerprint density at radius 3 is 2.23 bits per heavy atom. The lowest BCUT2D eigenvalue weighted by molar-refractivity contribution is -0.692. The van der Waals surface area contributed by atoms with E-state index in [0.717, 1.165) is 5.56 Å². The van der Waals surface area contributed by atoms with Gasteiger partial charge in [0.25, 0.3) is 5.91 Å². The van der Waals surface area contributed by atoms with Crippen LogP contribution >= 0.6 is 0 Å². The number of quaternary nitrogens is 1. The van der Waals surface area contributed by atoms with Gasteiger partial charge in [-0.15, -0.1) is 0 Å². The molecule has 26 heavy (non-hydrogen) atoms. The Labute approximate surface area is 150 Å². The zero-order chi connectivity index (χ0) is 19.1. The molecule has 2 aromatic rings. The van der Waals surface area contributed by atoms with Crippen LogP contribution in [0.3, 0.4) is 0 Å². The van der Waals surface area contributed by atoms with E-state index >= 15 is 0 Å². The van der Waals surface area contributed by atoms with Crippen molar-refractivity contribution < 1.29 is 28.0 Å². The quantitative estimate of drug-likeness (QED) is 0.752. The number of amides is 1. The first-order valence-corrected chi connectivity index (χ1v) is 8.28. The summed E-state index contributed by atoms with van der Waals surface area (Å²) in [5.74, 6) is -0.242. The molecule has 7 heteroatoms. The fourth-order valence-corrected chi connectivity index (χ4v) is 2.64. The van der Waals surface area contributed by atoms with Crippen molar-refractivity contribution in [3.8, 4) is 5.75 Å². The second kappa shape index (κ2) is 9.24. The second-order valence-electron chi connectivity index (χ2n) is 6.21. The van der Waals surface area contributed by atoms with E-state index in [9.17, 15) is 18.0 Å². The van der Waals surface area contributed by atoms with Gasteiger partial charge in [-0.1, -0.05) is 26.0 Å². The number of ether oxygens (including phenoxy) is 1. The summed E-state index contributed by atoms with van der Waals surface area (Å²) in [5.41, 5.74) is 1.44. The van der Waals surface area contributed by atoms with Gasteiger partial charge in [0, 0.05) is 17.2 Å². The summed E-state index contributed by atoms with van der Waals surface area (Å²) in [4.78, 5) is 12.1. The molecule has 2 aromatic carbocycles. The van der Waals surface area contributed by atoms with Crippen LogP contribution in [0.1, 0.15) is 25.5 Å². The van der Waals surface area contributed by atoms with E-state index < -0.39 is 6.61 Å². The molecule has 0 aromatic heterocycles. The molecule has 0 aliphatic rings. The molecule has 0 unspecified atom stereocenters. The Morgan fingerprint density at radius 1 is 1.08 bits per heavy atom. The normalized spacial score (nSPS) is 12.3. The third-order valence-corrected chi connectivity index (χ3v) is 3.89. The topological polar surface area (TPSA) is 54.9 Å². The van der Waals surface area contributed by atoms with Crippen molar-refractivity contribution in [2.24, 2.45) is 5.92 Å². The SMILES string of the molecule is CC(C)[C@H]([NH2+]CC(=O)Nc1ccc(OC(F)F)cc1)c1ccc(F)cc1. The first-order chi connectivity index (χ1) is 12.3. The van der Waals surface area contributed by atoms with Crippen LogP contribution in [-0.4, -0.2) is 19.1 Å². The Bertz CT molecular complexity index is 704. The molecular weight excluding hydrogens is 345 g/mol. The third kappa shape index (κ3) is 6.07. The van der Waals surface area contributed by atoms with Gasteiger partial charge >= 0.3 is 6.61 Å². The molecule has 0 heterocycles. The van der Waals surface area contributed by atoms with Crippen LogP contribution in [0.4, 0.5) is 18.9 Å². The summed E-state index contributed by atoms with van der Waals surface area (Å²) in [5, 5.41) is 4.59. The van der Waals surface area contributed by atoms with Gasteiger partial charge in [-0.25, -0.2) is 4.39 Å². The third-order valence-electron chi connectivity index (χ3n) is 3.89. The zero-order valence-electron chi connectivity index (χ0n) is 14.6. The molecule has 4 nitrogen and oxygen atoms in total. The molecule has 0 spiro atoms. The molecule has 0 aliphatic carbocycles. The van der Waals surface area contributed by atoms with E-state index in [0.29, 0.717) is 5.69 Å². The van der Waals surface area contributed by atoms with Crippen molar-refractivity contribution in [2.75, 3.05) is 11.9 Å². The predicted octanol–water partition coefficient (Wildman–Crippen LogP) is 3.33. The standard InChI is InChI=1S/C19H21F3N2O2/c1-12(2)18(13-3-5-14(20)6-4-13)23-11-17(25)24-15-7-9-16(10-8-15)26-19(21)22/h3-10,12,18-19,23H,11H2,1-2H3,(H,24,25)/p+1/t18-/m0/s1. The van der Waals surface area contributed by atoms with Crippen molar-refractivity contribution in [2.45, 2.75) is 26.5 Å². The van der Waals surface area contributed by atoms with Gasteiger partial charge in [0.1, 0.15) is 17.6 Å². The van der Waals surface area contributed by atoms with Gasteiger partial charge in [0.05, 0.1) is 0 Å². The molecular formula is C19H22F3N2O2+. The summed E-state index contributed by atoms with van der Waals surface area (Å²) >= 11 is 0. The van der Waals surface area contributed by atoms with Crippen molar-refractivity contribution in [3.05, 3.63) is 59.9 Å². The maximum Gasteiger partial charge on any atom is 0.387 e. The Morgan fingerprint density at radius 2 is 1.69 bits per heavy atom. The van der Waals surface area contributed by atoms with Gasteiger partial charge in [0.2, 0.25) is 0 Å². The van der Waals surface area contributed by atoms with Crippen molar-refractivity contribution in [3.63, 3.8) is 0 Å². The average molecular weight is 367 g/mol. The first kappa shape index (κ1) is 19.8. The summed E-state index contributed by atoms with van der Waals surface area (Å²) < 4.78 is 41.6. The number of carbonyl (C=O) groups is 1. The van der Waals surface area contributed by atoms with Gasteiger partial charge < -0.3 is 15.4 Å². The minimum absolute atomic E-state index is 0.0168. The van der Waals surface area contributed by atoms with E-state index in [1.165, 1.54) is 36.4 Å². The smallest absolute Gasteiger partial charge is 0.387 e. The summed E-state index contributed by atoms with van der Waals surface area (Å²) in [6.07, 6.45) is 0. The lowest BCUT2D eigenvalue weighted by atomic mass is 9.96. The number of alkyl halides is 2. The summed E-state index contributed by atoms with van der Waals surface area (Å²) in [7, 11) is 0. The van der Waals surface area contributed by atoms with Crippen LogP contribution < -0.4 is 15.4 Å². The summed E-state index contributed by atoms with van der Waals surface area (Å²) in [6, 6.07) is 12.0. The number of carbonyl (C=O) groups excluding carboxylic acids is 1. The minimum Gasteiger partial charge on any atom is -0.435 e. The zero-order valence-corrected chi connectivity index (χ0v) is 14.6. The molecule has 2 rings (SSSR count). The number of hydrogen-bond acceptors (Lipinski definition) is 2. The number of rotatable bonds is 8. The van der Waals surface area contributed by atoms with Gasteiger partial charge in [-0.3, -0.25) is 4.79 Å². The van der Waals surface area contributed by atoms with Crippen molar-refractivity contribution in [1.82, 2.24) is 0 Å². The highest BCUT2D eigenvalue weighted by molar-refractivity contribution is 5.91. The van der Waals surface area contributed by atoms with Crippen LogP contribution in [-0.2, 0) is 4.79 Å². The number of benzene rings is 2. The average Bonchev–Trinajstić information content (AvgIpc) is 2.57. The first-order valence-electron chi connectivity index (χ1n) is 8.28. The number of halogens is 3. The molecule has 3 N–H and O–H groups in total. The summed E-state index contributed by atoms with van der Waals surface area (Å²) in [6.45, 7) is 1.36. The van der Waals surface area contributed by atoms with Crippen LogP contribution in [0.15, 0.2) is 48.5 Å². The van der Waals surface area contributed by atoms with E-state index in [1.807, 2.05) is 19.2 Å². The van der Waals surface area contributed by atoms with Crippen LogP contribution in [0.5, 0.6) is 5.75 Å². The highest BCUT2D eigenvalue weighted by atomic mass is 19.3. The van der Waals surface area contributed by atoms with Gasteiger partial charge in [-0.05, 0) is 36.4 Å². The highest BCUT2D eigenvalue weighted by Crippen LogP contribution is 2.19. The lowest BCUT2D eigenvalue weighted by Gasteiger charge is -2.19. The van der Waals surface area contributed by atoms with E-state index in [2.05, 4.69) is 10.1 Å². The van der Waals surface area contributed by atoms with Crippen LogP contribution in [0, 0.1) is 11.7 Å². The second-order valence-corrected chi connectivity index (χ2v) is 6.21. The van der Waals surface area contributed by atoms with E-state index in [1.54, 1.807) is 12.1 Å². The maximum absolute atomic E-state index is 13.1. The molecule has 0 saturated carbocycles. The molecule has 0 aliphatic heterocycles. The van der Waals surface area contributed by atoms with Crippen LogP contribution in [0.2, 0.25) is 0 Å². The Hall–Kier alpha value is -2.54. The van der Waals surface area contributed by atoms with Crippen LogP contribution in [0.25, 0.3) is 0 Å². The lowest BCUT2D eigenvalue weighted by Crippen LogP contribution is -2.88. The largest absolute Gasteiger partial charge is 0.435 e. The van der Waals surface area contributed by atoms with Gasteiger partial charge in [-0.2, -0.15) is 8.78 Å². The predicted molar refractivity (Wildman–Crippen MR) is 92.5 cm³/mol. The maximum atomic E-state index is 13.1. The number of nitrogens with two attached hydrogens (primary N) is 1. The highest BCUT2D eigenvalue weighted by Gasteiger charge is 2.20. The molecule has 0 fully saturated rings. The molecule has 0 radical (unpaired) electrons. The monoisotopic (exact) mass is 367 g/mol. The number of nitrogens with one attached hydrogen (secondary N) is 1. The minimum atomic E-state index is -2.88. The molecule has 0 bridgehead atoms. The Kier molecular flexibility index (Phi) is 7.03. The van der Waals surface area contributed by atoms with E-state index in [-0.39, 0.29) is 36.0 Å². The fraction of sp³-hybridized carbons (Fsp3) is 0.316. The molecule has 1 atom stereocenters. The number of anilines is 1. The molecule has 0 saturated heterocycles.